The van der Waals surface area contributed by atoms with Crippen LogP contribution in [0, 0.1) is 5.92 Å². The minimum Gasteiger partial charge on any atom is -0.466 e. The van der Waals surface area contributed by atoms with Crippen molar-refractivity contribution in [3.63, 3.8) is 0 Å². The molecule has 1 aromatic heterocycles. The Kier molecular flexibility index (Phi) is 7.80. The Morgan fingerprint density at radius 2 is 1.67 bits per heavy atom. The maximum atomic E-state index is 12.6. The van der Waals surface area contributed by atoms with Gasteiger partial charge < -0.3 is 10.1 Å². The quantitative estimate of drug-likeness (QED) is 0.474. The number of carbonyl (C=O) groups excluding carboxylic acids is 2. The lowest BCUT2D eigenvalue weighted by Gasteiger charge is -2.22. The Morgan fingerprint density at radius 3 is 2.30 bits per heavy atom. The minimum atomic E-state index is -0.290. The summed E-state index contributed by atoms with van der Waals surface area (Å²) in [6.07, 6.45) is 1.17. The second-order valence-corrected chi connectivity index (χ2v) is 8.25. The molecule has 3 aromatic rings. The summed E-state index contributed by atoms with van der Waals surface area (Å²) in [5.74, 6) is -0.624. The molecule has 0 aliphatic carbocycles. The summed E-state index contributed by atoms with van der Waals surface area (Å²) in [4.78, 5) is 25.4. The number of hydrogen-bond acceptors (Lipinski definition) is 4. The Labute approximate surface area is 181 Å². The molecule has 0 bridgehead atoms. The highest BCUT2D eigenvalue weighted by Crippen LogP contribution is 2.21. The van der Waals surface area contributed by atoms with Gasteiger partial charge in [-0.2, -0.15) is 0 Å². The average Bonchev–Trinajstić information content (AvgIpc) is 3.30. The average molecular weight is 422 g/mol. The molecule has 1 N–H and O–H groups in total. The number of amides is 1. The topological polar surface area (TPSA) is 55.4 Å². The van der Waals surface area contributed by atoms with Crippen LogP contribution in [-0.4, -0.2) is 24.5 Å². The molecule has 5 heteroatoms. The number of ether oxygens (including phenoxy) is 1. The monoisotopic (exact) mass is 421 g/mol. The largest absolute Gasteiger partial charge is 0.466 e. The third-order valence-corrected chi connectivity index (χ3v) is 5.82. The van der Waals surface area contributed by atoms with Crippen LogP contribution >= 0.6 is 11.3 Å². The Balaban J connectivity index is 1.72. The smallest absolute Gasteiger partial charge is 0.308 e. The molecular formula is C25H27NO3S. The lowest BCUT2D eigenvalue weighted by atomic mass is 9.95. The van der Waals surface area contributed by atoms with Gasteiger partial charge in [0, 0.05) is 6.04 Å². The zero-order valence-electron chi connectivity index (χ0n) is 17.3. The molecule has 3 rings (SSSR count). The summed E-state index contributed by atoms with van der Waals surface area (Å²) in [5.41, 5.74) is 3.43. The van der Waals surface area contributed by atoms with Crippen molar-refractivity contribution in [1.29, 1.82) is 0 Å². The molecule has 0 aliphatic heterocycles. The third-order valence-electron chi connectivity index (χ3n) is 4.95. The number of esters is 1. The van der Waals surface area contributed by atoms with E-state index in [1.807, 2.05) is 36.6 Å². The van der Waals surface area contributed by atoms with E-state index >= 15 is 0 Å². The highest BCUT2D eigenvalue weighted by atomic mass is 32.1. The number of rotatable bonds is 9. The summed E-state index contributed by atoms with van der Waals surface area (Å²) < 4.78 is 5.15. The molecule has 2 aromatic carbocycles. The summed E-state index contributed by atoms with van der Waals surface area (Å²) in [6, 6.07) is 22.1. The van der Waals surface area contributed by atoms with Crippen molar-refractivity contribution in [2.75, 3.05) is 6.61 Å². The molecule has 1 heterocycles. The van der Waals surface area contributed by atoms with Crippen LogP contribution in [0.4, 0.5) is 0 Å². The SMILES string of the molecule is CCOC(=O)[C@H](C)C[C@@H](Cc1ccc(-c2ccccc2)cc1)NC(=O)c1cccs1. The lowest BCUT2D eigenvalue weighted by molar-refractivity contribution is -0.147. The van der Waals surface area contributed by atoms with Gasteiger partial charge in [-0.15, -0.1) is 11.3 Å². The molecule has 2 atom stereocenters. The van der Waals surface area contributed by atoms with Gasteiger partial charge in [-0.3, -0.25) is 9.59 Å². The molecule has 0 saturated carbocycles. The van der Waals surface area contributed by atoms with E-state index in [4.69, 9.17) is 4.74 Å². The molecule has 4 nitrogen and oxygen atoms in total. The summed E-state index contributed by atoms with van der Waals surface area (Å²) in [6.45, 7) is 4.01. The van der Waals surface area contributed by atoms with Crippen molar-refractivity contribution in [1.82, 2.24) is 5.32 Å². The van der Waals surface area contributed by atoms with Gasteiger partial charge in [0.2, 0.25) is 0 Å². The van der Waals surface area contributed by atoms with Gasteiger partial charge in [0.15, 0.2) is 0 Å². The fourth-order valence-corrected chi connectivity index (χ4v) is 4.04. The lowest BCUT2D eigenvalue weighted by Crippen LogP contribution is -2.38. The molecule has 0 spiro atoms. The summed E-state index contributed by atoms with van der Waals surface area (Å²) in [5, 5.41) is 4.99. The van der Waals surface area contributed by atoms with Crippen LogP contribution in [0.3, 0.4) is 0 Å². The van der Waals surface area contributed by atoms with Gasteiger partial charge in [0.1, 0.15) is 0 Å². The van der Waals surface area contributed by atoms with Gasteiger partial charge in [-0.1, -0.05) is 67.6 Å². The van der Waals surface area contributed by atoms with Crippen molar-refractivity contribution < 1.29 is 14.3 Å². The highest BCUT2D eigenvalue weighted by Gasteiger charge is 2.22. The molecule has 0 radical (unpaired) electrons. The second kappa shape index (κ2) is 10.7. The molecule has 30 heavy (non-hydrogen) atoms. The van der Waals surface area contributed by atoms with Gasteiger partial charge in [0.25, 0.3) is 5.91 Å². The Hall–Kier alpha value is -2.92. The zero-order valence-corrected chi connectivity index (χ0v) is 18.2. The predicted molar refractivity (Wildman–Crippen MR) is 122 cm³/mol. The number of thiophene rings is 1. The Bertz CT molecular complexity index is 936. The van der Waals surface area contributed by atoms with E-state index in [0.29, 0.717) is 24.3 Å². The van der Waals surface area contributed by atoms with E-state index in [9.17, 15) is 9.59 Å². The van der Waals surface area contributed by atoms with E-state index in [1.165, 1.54) is 16.9 Å². The third kappa shape index (κ3) is 6.04. The van der Waals surface area contributed by atoms with E-state index in [2.05, 4.69) is 41.7 Å². The predicted octanol–water partition coefficient (Wildman–Crippen LogP) is 5.35. The standard InChI is InChI=1S/C25H27NO3S/c1-3-29-25(28)18(2)16-22(26-24(27)23-10-7-15-30-23)17-19-11-13-21(14-12-19)20-8-5-4-6-9-20/h4-15,18,22H,3,16-17H2,1-2H3,(H,26,27)/t18-,22+/m1/s1. The first kappa shape index (κ1) is 21.8. The number of carbonyl (C=O) groups is 2. The molecule has 0 saturated heterocycles. The van der Waals surface area contributed by atoms with Crippen LogP contribution in [0.5, 0.6) is 0 Å². The molecule has 0 fully saturated rings. The number of hydrogen-bond donors (Lipinski definition) is 1. The van der Waals surface area contributed by atoms with E-state index in [0.717, 1.165) is 11.1 Å². The first-order valence-electron chi connectivity index (χ1n) is 10.2. The molecular weight excluding hydrogens is 394 g/mol. The van der Waals surface area contributed by atoms with Crippen LogP contribution in [0.1, 0.15) is 35.5 Å². The Morgan fingerprint density at radius 1 is 0.967 bits per heavy atom. The normalized spacial score (nSPS) is 12.7. The molecule has 0 aliphatic rings. The summed E-state index contributed by atoms with van der Waals surface area (Å²) in [7, 11) is 0. The van der Waals surface area contributed by atoms with Gasteiger partial charge in [-0.25, -0.2) is 0 Å². The zero-order chi connectivity index (χ0) is 21.3. The maximum absolute atomic E-state index is 12.6. The fourth-order valence-electron chi connectivity index (χ4n) is 3.41. The van der Waals surface area contributed by atoms with Crippen LogP contribution < -0.4 is 5.32 Å². The first-order valence-corrected chi connectivity index (χ1v) is 11.1. The van der Waals surface area contributed by atoms with Crippen LogP contribution in [0.2, 0.25) is 0 Å². The number of benzene rings is 2. The second-order valence-electron chi connectivity index (χ2n) is 7.30. The maximum Gasteiger partial charge on any atom is 0.308 e. The molecule has 0 unspecified atom stereocenters. The van der Waals surface area contributed by atoms with Crippen molar-refractivity contribution in [2.24, 2.45) is 5.92 Å². The van der Waals surface area contributed by atoms with Crippen molar-refractivity contribution >= 4 is 23.2 Å². The fraction of sp³-hybridized carbons (Fsp3) is 0.280. The van der Waals surface area contributed by atoms with Crippen molar-refractivity contribution in [3.8, 4) is 11.1 Å². The summed E-state index contributed by atoms with van der Waals surface area (Å²) >= 11 is 1.41. The van der Waals surface area contributed by atoms with Crippen molar-refractivity contribution in [3.05, 3.63) is 82.6 Å². The van der Waals surface area contributed by atoms with Gasteiger partial charge in [-0.05, 0) is 47.9 Å². The highest BCUT2D eigenvalue weighted by molar-refractivity contribution is 7.12. The van der Waals surface area contributed by atoms with Crippen LogP contribution in [-0.2, 0) is 16.0 Å². The molecule has 156 valence electrons. The van der Waals surface area contributed by atoms with Crippen molar-refractivity contribution in [2.45, 2.75) is 32.7 Å². The molecule has 1 amide bonds. The van der Waals surface area contributed by atoms with Gasteiger partial charge in [0.05, 0.1) is 17.4 Å². The van der Waals surface area contributed by atoms with Crippen LogP contribution in [0.15, 0.2) is 72.1 Å². The van der Waals surface area contributed by atoms with E-state index in [-0.39, 0.29) is 23.8 Å². The first-order chi connectivity index (χ1) is 14.6. The number of nitrogens with one attached hydrogen (secondary N) is 1. The minimum absolute atomic E-state index is 0.105. The van der Waals surface area contributed by atoms with E-state index in [1.54, 1.807) is 13.0 Å². The van der Waals surface area contributed by atoms with Gasteiger partial charge >= 0.3 is 5.97 Å². The van der Waals surface area contributed by atoms with Crippen LogP contribution in [0.25, 0.3) is 11.1 Å². The van der Waals surface area contributed by atoms with E-state index < -0.39 is 0 Å².